The summed E-state index contributed by atoms with van der Waals surface area (Å²) in [7, 11) is 0. The largest absolute Gasteiger partial charge is 0.480 e. The number of nitrogens with zero attached hydrogens (tertiary/aromatic N) is 1. The van der Waals surface area contributed by atoms with Crippen molar-refractivity contribution in [2.45, 2.75) is 45.7 Å². The van der Waals surface area contributed by atoms with Gasteiger partial charge in [-0.25, -0.2) is 9.59 Å². The highest BCUT2D eigenvalue weighted by Gasteiger charge is 2.34. The molecule has 6 heteroatoms. The molecule has 0 saturated carbocycles. The zero-order valence-electron chi connectivity index (χ0n) is 12.0. The van der Waals surface area contributed by atoms with Gasteiger partial charge in [0.25, 0.3) is 0 Å². The molecular weight excluding hydrogens is 260 g/mol. The topological polar surface area (TPSA) is 82.8 Å². The number of urea groups is 1. The Kier molecular flexibility index (Phi) is 4.01. The molecule has 6 nitrogen and oxygen atoms in total. The SMILES string of the molecule is Cc1cc(C(C)NC(=O)N2CCCC2C(=O)O)c(C)o1. The molecule has 20 heavy (non-hydrogen) atoms. The van der Waals surface area contributed by atoms with Crippen molar-refractivity contribution in [2.24, 2.45) is 0 Å². The van der Waals surface area contributed by atoms with Gasteiger partial charge in [-0.05, 0) is 39.7 Å². The fourth-order valence-corrected chi connectivity index (χ4v) is 2.69. The van der Waals surface area contributed by atoms with Gasteiger partial charge in [0.1, 0.15) is 17.6 Å². The molecule has 2 N–H and O–H groups in total. The maximum atomic E-state index is 12.2. The summed E-state index contributed by atoms with van der Waals surface area (Å²) in [6.07, 6.45) is 1.24. The number of amides is 2. The number of aryl methyl sites for hydroxylation is 2. The zero-order chi connectivity index (χ0) is 14.9. The van der Waals surface area contributed by atoms with E-state index in [0.717, 1.165) is 23.5 Å². The van der Waals surface area contributed by atoms with E-state index in [-0.39, 0.29) is 12.1 Å². The second-order valence-corrected chi connectivity index (χ2v) is 5.23. The lowest BCUT2D eigenvalue weighted by Crippen LogP contribution is -2.46. The van der Waals surface area contributed by atoms with Gasteiger partial charge in [0, 0.05) is 12.1 Å². The summed E-state index contributed by atoms with van der Waals surface area (Å²) in [5.41, 5.74) is 0.918. The van der Waals surface area contributed by atoms with Crippen LogP contribution in [0.25, 0.3) is 0 Å². The zero-order valence-corrected chi connectivity index (χ0v) is 12.0. The van der Waals surface area contributed by atoms with Crippen molar-refractivity contribution in [3.05, 3.63) is 23.2 Å². The summed E-state index contributed by atoms with van der Waals surface area (Å²) >= 11 is 0. The van der Waals surface area contributed by atoms with E-state index in [1.165, 1.54) is 4.90 Å². The summed E-state index contributed by atoms with van der Waals surface area (Å²) in [4.78, 5) is 24.7. The second-order valence-electron chi connectivity index (χ2n) is 5.23. The number of rotatable bonds is 3. The molecule has 0 aromatic carbocycles. The van der Waals surface area contributed by atoms with E-state index >= 15 is 0 Å². The molecule has 0 bridgehead atoms. The Morgan fingerprint density at radius 3 is 2.75 bits per heavy atom. The number of carbonyl (C=O) groups is 2. The van der Waals surface area contributed by atoms with Crippen LogP contribution in [0, 0.1) is 13.8 Å². The van der Waals surface area contributed by atoms with Crippen molar-refractivity contribution in [1.29, 1.82) is 0 Å². The minimum absolute atomic E-state index is 0.213. The van der Waals surface area contributed by atoms with Crippen LogP contribution in [0.5, 0.6) is 0 Å². The number of hydrogen-bond acceptors (Lipinski definition) is 3. The molecule has 110 valence electrons. The number of carbonyl (C=O) groups excluding carboxylic acids is 1. The molecule has 0 radical (unpaired) electrons. The third-order valence-corrected chi connectivity index (χ3v) is 3.68. The predicted octanol–water partition coefficient (Wildman–Crippen LogP) is 2.22. The van der Waals surface area contributed by atoms with E-state index < -0.39 is 12.0 Å². The van der Waals surface area contributed by atoms with Crippen LogP contribution in [0.1, 0.15) is 42.9 Å². The maximum absolute atomic E-state index is 12.2. The number of hydrogen-bond donors (Lipinski definition) is 2. The lowest BCUT2D eigenvalue weighted by Gasteiger charge is -2.24. The summed E-state index contributed by atoms with van der Waals surface area (Å²) in [6, 6.07) is 0.629. The minimum atomic E-state index is -0.944. The summed E-state index contributed by atoms with van der Waals surface area (Å²) in [6.45, 7) is 6.05. The Hall–Kier alpha value is -1.98. The van der Waals surface area contributed by atoms with E-state index in [1.807, 2.05) is 26.8 Å². The van der Waals surface area contributed by atoms with Crippen LogP contribution in [-0.4, -0.2) is 34.6 Å². The van der Waals surface area contributed by atoms with Gasteiger partial charge in [0.05, 0.1) is 6.04 Å². The van der Waals surface area contributed by atoms with Crippen LogP contribution in [0.4, 0.5) is 4.79 Å². The molecule has 1 aromatic rings. The molecular formula is C14H20N2O4. The number of carboxylic acid groups (broad SMARTS) is 1. The average molecular weight is 280 g/mol. The number of furan rings is 1. The third-order valence-electron chi connectivity index (χ3n) is 3.68. The van der Waals surface area contributed by atoms with Crippen molar-refractivity contribution < 1.29 is 19.1 Å². The monoisotopic (exact) mass is 280 g/mol. The highest BCUT2D eigenvalue weighted by molar-refractivity contribution is 5.83. The molecule has 2 heterocycles. The first-order valence-electron chi connectivity index (χ1n) is 6.77. The van der Waals surface area contributed by atoms with Gasteiger partial charge in [-0.1, -0.05) is 0 Å². The van der Waals surface area contributed by atoms with Crippen molar-refractivity contribution in [1.82, 2.24) is 10.2 Å². The Bertz CT molecular complexity index is 523. The molecule has 1 saturated heterocycles. The molecule has 0 spiro atoms. The molecule has 2 rings (SSSR count). The van der Waals surface area contributed by atoms with Gasteiger partial charge < -0.3 is 19.7 Å². The fourth-order valence-electron chi connectivity index (χ4n) is 2.69. The van der Waals surface area contributed by atoms with Gasteiger partial charge in [0.15, 0.2) is 0 Å². The first-order chi connectivity index (χ1) is 9.40. The van der Waals surface area contributed by atoms with Crippen molar-refractivity contribution in [3.63, 3.8) is 0 Å². The van der Waals surface area contributed by atoms with Crippen LogP contribution in [0.2, 0.25) is 0 Å². The average Bonchev–Trinajstić information content (AvgIpc) is 2.95. The van der Waals surface area contributed by atoms with Crippen LogP contribution in [0.15, 0.2) is 10.5 Å². The summed E-state index contributed by atoms with van der Waals surface area (Å²) in [5.74, 6) is 0.621. The highest BCUT2D eigenvalue weighted by atomic mass is 16.4. The van der Waals surface area contributed by atoms with Crippen molar-refractivity contribution in [3.8, 4) is 0 Å². The first-order valence-corrected chi connectivity index (χ1v) is 6.77. The second kappa shape index (κ2) is 5.56. The van der Waals surface area contributed by atoms with Gasteiger partial charge in [-0.2, -0.15) is 0 Å². The van der Waals surface area contributed by atoms with E-state index in [0.29, 0.717) is 13.0 Å². The van der Waals surface area contributed by atoms with E-state index in [1.54, 1.807) is 0 Å². The Morgan fingerprint density at radius 1 is 1.50 bits per heavy atom. The highest BCUT2D eigenvalue weighted by Crippen LogP contribution is 2.23. The molecule has 1 aliphatic heterocycles. The van der Waals surface area contributed by atoms with Crippen LogP contribution in [0.3, 0.4) is 0 Å². The Morgan fingerprint density at radius 2 is 2.20 bits per heavy atom. The lowest BCUT2D eigenvalue weighted by molar-refractivity contribution is -0.141. The molecule has 1 aromatic heterocycles. The fraction of sp³-hybridized carbons (Fsp3) is 0.571. The smallest absolute Gasteiger partial charge is 0.326 e. The van der Waals surface area contributed by atoms with Gasteiger partial charge in [-0.15, -0.1) is 0 Å². The molecule has 2 unspecified atom stereocenters. The van der Waals surface area contributed by atoms with E-state index in [4.69, 9.17) is 9.52 Å². The van der Waals surface area contributed by atoms with Crippen molar-refractivity contribution >= 4 is 12.0 Å². The van der Waals surface area contributed by atoms with Crippen LogP contribution >= 0.6 is 0 Å². The molecule has 2 amide bonds. The molecule has 0 aliphatic carbocycles. The van der Waals surface area contributed by atoms with E-state index in [2.05, 4.69) is 5.32 Å². The summed E-state index contributed by atoms with van der Waals surface area (Å²) in [5, 5.41) is 11.9. The van der Waals surface area contributed by atoms with Gasteiger partial charge in [-0.3, -0.25) is 0 Å². The van der Waals surface area contributed by atoms with E-state index in [9.17, 15) is 9.59 Å². The lowest BCUT2D eigenvalue weighted by atomic mass is 10.1. The normalized spacial score (nSPS) is 19.9. The quantitative estimate of drug-likeness (QED) is 0.889. The first kappa shape index (κ1) is 14.4. The number of likely N-dealkylation sites (tertiary alicyclic amines) is 1. The molecule has 1 fully saturated rings. The van der Waals surface area contributed by atoms with Gasteiger partial charge in [0.2, 0.25) is 0 Å². The Balaban J connectivity index is 2.04. The molecule has 2 atom stereocenters. The number of carboxylic acids is 1. The number of aliphatic carboxylic acids is 1. The van der Waals surface area contributed by atoms with Crippen LogP contribution < -0.4 is 5.32 Å². The number of nitrogens with one attached hydrogen (secondary N) is 1. The van der Waals surface area contributed by atoms with Crippen molar-refractivity contribution in [2.75, 3.05) is 6.54 Å². The minimum Gasteiger partial charge on any atom is -0.480 e. The standard InChI is InChI=1S/C14H20N2O4/c1-8-7-11(10(3)20-8)9(2)15-14(19)16-6-4-5-12(16)13(17)18/h7,9,12H,4-6H2,1-3H3,(H,15,19)(H,17,18). The maximum Gasteiger partial charge on any atom is 0.326 e. The van der Waals surface area contributed by atoms with Gasteiger partial charge >= 0.3 is 12.0 Å². The Labute approximate surface area is 117 Å². The van der Waals surface area contributed by atoms with Crippen LogP contribution in [-0.2, 0) is 4.79 Å². The molecule has 1 aliphatic rings. The predicted molar refractivity (Wildman–Crippen MR) is 72.5 cm³/mol. The third kappa shape index (κ3) is 2.79. The summed E-state index contributed by atoms with van der Waals surface area (Å²) < 4.78 is 5.44.